The Morgan fingerprint density at radius 1 is 1.15 bits per heavy atom. The maximum absolute atomic E-state index is 12.5. The Morgan fingerprint density at radius 2 is 2.00 bits per heavy atom. The van der Waals surface area contributed by atoms with E-state index in [2.05, 4.69) is 15.0 Å². The number of amides is 1. The summed E-state index contributed by atoms with van der Waals surface area (Å²) in [6.45, 7) is 4.45. The highest BCUT2D eigenvalue weighted by molar-refractivity contribution is 6.30. The summed E-state index contributed by atoms with van der Waals surface area (Å²) >= 11 is 5.92. The van der Waals surface area contributed by atoms with Gasteiger partial charge in [0.05, 0.1) is 6.54 Å². The molecule has 0 bridgehead atoms. The Hall–Kier alpha value is -1.96. The zero-order valence-corrected chi connectivity index (χ0v) is 15.9. The van der Waals surface area contributed by atoms with Crippen LogP contribution < -0.4 is 0 Å². The molecule has 1 unspecified atom stereocenters. The Balaban J connectivity index is 1.33. The van der Waals surface area contributed by atoms with E-state index >= 15 is 0 Å². The molecule has 1 aromatic heterocycles. The Morgan fingerprint density at radius 3 is 2.78 bits per heavy atom. The van der Waals surface area contributed by atoms with Crippen LogP contribution in [0.5, 0.6) is 0 Å². The monoisotopic (exact) mass is 390 g/mol. The molecule has 2 fully saturated rings. The quantitative estimate of drug-likeness (QED) is 0.799. The number of rotatable bonds is 4. The fraction of sp³-hybridized carbons (Fsp3) is 0.526. The van der Waals surface area contributed by atoms with Gasteiger partial charge in [0.1, 0.15) is 6.10 Å². The first-order valence-electron chi connectivity index (χ1n) is 9.40. The van der Waals surface area contributed by atoms with Gasteiger partial charge in [0.2, 0.25) is 11.7 Å². The first kappa shape index (κ1) is 18.4. The molecule has 0 radical (unpaired) electrons. The predicted molar refractivity (Wildman–Crippen MR) is 100 cm³/mol. The van der Waals surface area contributed by atoms with Crippen LogP contribution in [0, 0.1) is 0 Å². The highest BCUT2D eigenvalue weighted by atomic mass is 35.5. The fourth-order valence-electron chi connectivity index (χ4n) is 3.55. The molecule has 8 heteroatoms. The average molecular weight is 391 g/mol. The summed E-state index contributed by atoms with van der Waals surface area (Å²) in [5, 5.41) is 4.74. The van der Waals surface area contributed by atoms with E-state index in [0.29, 0.717) is 36.4 Å². The summed E-state index contributed by atoms with van der Waals surface area (Å²) in [6.07, 6.45) is 2.50. The van der Waals surface area contributed by atoms with Gasteiger partial charge in [-0.15, -0.1) is 0 Å². The number of carbonyl (C=O) groups is 1. The number of hydrogen-bond acceptors (Lipinski definition) is 6. The van der Waals surface area contributed by atoms with Gasteiger partial charge in [-0.2, -0.15) is 4.98 Å². The normalized spacial score (nSPS) is 21.4. The highest BCUT2D eigenvalue weighted by Gasteiger charge is 2.29. The van der Waals surface area contributed by atoms with Crippen LogP contribution in [0.3, 0.4) is 0 Å². The molecule has 2 saturated heterocycles. The second-order valence-electron chi connectivity index (χ2n) is 6.98. The molecule has 1 atom stereocenters. The standard InChI is InChI=1S/C19H23ClN4O3/c20-15-6-4-14(5-7-15)18-21-17(27-22-18)13-23-8-2-9-24(11-10-23)19(25)16-3-1-12-26-16/h4-7,16H,1-3,8-13H2. The van der Waals surface area contributed by atoms with E-state index in [1.807, 2.05) is 17.0 Å². The fourth-order valence-corrected chi connectivity index (χ4v) is 3.68. The topological polar surface area (TPSA) is 71.7 Å². The summed E-state index contributed by atoms with van der Waals surface area (Å²) in [6, 6.07) is 7.36. The lowest BCUT2D eigenvalue weighted by atomic mass is 10.2. The zero-order valence-electron chi connectivity index (χ0n) is 15.1. The molecule has 2 aromatic rings. The van der Waals surface area contributed by atoms with Crippen molar-refractivity contribution < 1.29 is 14.1 Å². The largest absolute Gasteiger partial charge is 0.368 e. The molecule has 0 spiro atoms. The van der Waals surface area contributed by atoms with Crippen molar-refractivity contribution in [2.45, 2.75) is 31.9 Å². The molecule has 4 rings (SSSR count). The number of halogens is 1. The summed E-state index contributed by atoms with van der Waals surface area (Å²) in [4.78, 5) is 21.2. The number of ether oxygens (including phenoxy) is 1. The van der Waals surface area contributed by atoms with Gasteiger partial charge in [-0.05, 0) is 43.5 Å². The number of hydrogen-bond donors (Lipinski definition) is 0. The minimum atomic E-state index is -0.241. The molecule has 3 heterocycles. The van der Waals surface area contributed by atoms with Crippen molar-refractivity contribution in [2.24, 2.45) is 0 Å². The van der Waals surface area contributed by atoms with Crippen molar-refractivity contribution >= 4 is 17.5 Å². The molecule has 144 valence electrons. The molecule has 0 N–H and O–H groups in total. The number of aromatic nitrogens is 2. The van der Waals surface area contributed by atoms with Crippen LogP contribution in [-0.2, 0) is 16.1 Å². The minimum Gasteiger partial charge on any atom is -0.368 e. The van der Waals surface area contributed by atoms with Crippen LogP contribution in [0.4, 0.5) is 0 Å². The first-order chi connectivity index (χ1) is 13.2. The zero-order chi connectivity index (χ0) is 18.6. The lowest BCUT2D eigenvalue weighted by molar-refractivity contribution is -0.140. The second-order valence-corrected chi connectivity index (χ2v) is 7.41. The van der Waals surface area contributed by atoms with Gasteiger partial charge in [-0.25, -0.2) is 0 Å². The van der Waals surface area contributed by atoms with Crippen LogP contribution in [0.2, 0.25) is 5.02 Å². The molecule has 0 aliphatic carbocycles. The van der Waals surface area contributed by atoms with E-state index in [9.17, 15) is 4.79 Å². The van der Waals surface area contributed by atoms with Gasteiger partial charge < -0.3 is 14.2 Å². The third-order valence-corrected chi connectivity index (χ3v) is 5.29. The Kier molecular flexibility index (Phi) is 5.71. The Bertz CT molecular complexity index is 774. The van der Waals surface area contributed by atoms with E-state index in [-0.39, 0.29) is 12.0 Å². The molecule has 27 heavy (non-hydrogen) atoms. The van der Waals surface area contributed by atoms with E-state index in [1.165, 1.54) is 0 Å². The molecular weight excluding hydrogens is 368 g/mol. The molecule has 2 aliphatic heterocycles. The van der Waals surface area contributed by atoms with Gasteiger partial charge in [-0.1, -0.05) is 16.8 Å². The molecule has 1 amide bonds. The Labute approximate surface area is 163 Å². The SMILES string of the molecule is O=C(C1CCCO1)N1CCCN(Cc2nc(-c3ccc(Cl)cc3)no2)CC1. The van der Waals surface area contributed by atoms with E-state index < -0.39 is 0 Å². The van der Waals surface area contributed by atoms with E-state index in [1.54, 1.807) is 12.1 Å². The van der Waals surface area contributed by atoms with E-state index in [4.69, 9.17) is 20.9 Å². The predicted octanol–water partition coefficient (Wildman–Crippen LogP) is 2.60. The molecule has 1 aromatic carbocycles. The van der Waals surface area contributed by atoms with Gasteiger partial charge in [0.15, 0.2) is 0 Å². The van der Waals surface area contributed by atoms with Crippen molar-refractivity contribution in [3.63, 3.8) is 0 Å². The van der Waals surface area contributed by atoms with Crippen molar-refractivity contribution in [3.05, 3.63) is 35.2 Å². The van der Waals surface area contributed by atoms with Crippen LogP contribution in [0.25, 0.3) is 11.4 Å². The van der Waals surface area contributed by atoms with Gasteiger partial charge in [0, 0.05) is 43.4 Å². The minimum absolute atomic E-state index is 0.136. The number of nitrogens with zero attached hydrogens (tertiary/aromatic N) is 4. The van der Waals surface area contributed by atoms with Crippen molar-refractivity contribution in [3.8, 4) is 11.4 Å². The first-order valence-corrected chi connectivity index (χ1v) is 9.78. The molecule has 0 saturated carbocycles. The van der Waals surface area contributed by atoms with Gasteiger partial charge in [-0.3, -0.25) is 9.69 Å². The van der Waals surface area contributed by atoms with Gasteiger partial charge in [0.25, 0.3) is 5.91 Å². The van der Waals surface area contributed by atoms with E-state index in [0.717, 1.165) is 44.5 Å². The van der Waals surface area contributed by atoms with Crippen LogP contribution in [0.15, 0.2) is 28.8 Å². The summed E-state index contributed by atoms with van der Waals surface area (Å²) < 4.78 is 10.9. The maximum Gasteiger partial charge on any atom is 0.251 e. The highest BCUT2D eigenvalue weighted by Crippen LogP contribution is 2.20. The third kappa shape index (κ3) is 4.48. The lowest BCUT2D eigenvalue weighted by Crippen LogP contribution is -2.41. The molecule has 7 nitrogen and oxygen atoms in total. The summed E-state index contributed by atoms with van der Waals surface area (Å²) in [7, 11) is 0. The number of benzene rings is 1. The smallest absolute Gasteiger partial charge is 0.251 e. The summed E-state index contributed by atoms with van der Waals surface area (Å²) in [5.41, 5.74) is 0.874. The van der Waals surface area contributed by atoms with Crippen LogP contribution in [0.1, 0.15) is 25.2 Å². The number of carbonyl (C=O) groups excluding carboxylic acids is 1. The maximum atomic E-state index is 12.5. The second kappa shape index (κ2) is 8.37. The molecule has 2 aliphatic rings. The molecular formula is C19H23ClN4O3. The van der Waals surface area contributed by atoms with Crippen LogP contribution >= 0.6 is 11.6 Å². The summed E-state index contributed by atoms with van der Waals surface area (Å²) in [5.74, 6) is 1.28. The van der Waals surface area contributed by atoms with Crippen LogP contribution in [-0.4, -0.2) is 64.7 Å². The average Bonchev–Trinajstić information content (AvgIpc) is 3.31. The van der Waals surface area contributed by atoms with Gasteiger partial charge >= 0.3 is 0 Å². The lowest BCUT2D eigenvalue weighted by Gasteiger charge is -2.23. The third-order valence-electron chi connectivity index (χ3n) is 5.03. The van der Waals surface area contributed by atoms with Crippen molar-refractivity contribution in [1.29, 1.82) is 0 Å². The van der Waals surface area contributed by atoms with Crippen molar-refractivity contribution in [2.75, 3.05) is 32.8 Å². The van der Waals surface area contributed by atoms with Crippen molar-refractivity contribution in [1.82, 2.24) is 19.9 Å².